The highest BCUT2D eigenvalue weighted by Crippen LogP contribution is 2.01. The molecule has 0 radical (unpaired) electrons. The van der Waals surface area contributed by atoms with Gasteiger partial charge in [0.25, 0.3) is 0 Å². The summed E-state index contributed by atoms with van der Waals surface area (Å²) in [6.45, 7) is 5.08. The SMILES string of the molecule is C=C1CNCC1O. The van der Waals surface area contributed by atoms with E-state index in [1.54, 1.807) is 0 Å². The average Bonchev–Trinajstić information content (AvgIpc) is 1.91. The van der Waals surface area contributed by atoms with E-state index in [1.807, 2.05) is 0 Å². The Bertz CT molecular complexity index is 90.1. The van der Waals surface area contributed by atoms with Crippen molar-refractivity contribution in [3.63, 3.8) is 0 Å². The van der Waals surface area contributed by atoms with E-state index in [4.69, 9.17) is 5.11 Å². The molecule has 0 aromatic rings. The fourth-order valence-electron chi connectivity index (χ4n) is 0.632. The molecule has 2 N–H and O–H groups in total. The first-order chi connectivity index (χ1) is 3.30. The lowest BCUT2D eigenvalue weighted by atomic mass is 10.2. The van der Waals surface area contributed by atoms with Crippen LogP contribution in [0.25, 0.3) is 0 Å². The Hall–Kier alpha value is -0.340. The Morgan fingerprint density at radius 3 is 2.71 bits per heavy atom. The van der Waals surface area contributed by atoms with Crippen molar-refractivity contribution in [2.45, 2.75) is 6.10 Å². The second-order valence-electron chi connectivity index (χ2n) is 1.80. The zero-order valence-corrected chi connectivity index (χ0v) is 4.15. The van der Waals surface area contributed by atoms with Crippen LogP contribution in [-0.2, 0) is 0 Å². The molecule has 1 atom stereocenters. The van der Waals surface area contributed by atoms with Crippen molar-refractivity contribution in [1.29, 1.82) is 0 Å². The van der Waals surface area contributed by atoms with E-state index in [0.29, 0.717) is 6.54 Å². The van der Waals surface area contributed by atoms with Crippen LogP contribution in [0.1, 0.15) is 0 Å². The normalized spacial score (nSPS) is 31.6. The molecule has 1 saturated heterocycles. The van der Waals surface area contributed by atoms with Gasteiger partial charge in [-0.2, -0.15) is 0 Å². The Morgan fingerprint density at radius 2 is 2.57 bits per heavy atom. The smallest absolute Gasteiger partial charge is 0.0884 e. The van der Waals surface area contributed by atoms with Gasteiger partial charge >= 0.3 is 0 Å². The molecule has 1 unspecified atom stereocenters. The van der Waals surface area contributed by atoms with Crippen molar-refractivity contribution in [1.82, 2.24) is 5.32 Å². The van der Waals surface area contributed by atoms with E-state index < -0.39 is 0 Å². The molecule has 0 amide bonds. The van der Waals surface area contributed by atoms with Crippen LogP contribution in [0.5, 0.6) is 0 Å². The maximum atomic E-state index is 8.84. The van der Waals surface area contributed by atoms with Crippen LogP contribution in [-0.4, -0.2) is 24.3 Å². The maximum Gasteiger partial charge on any atom is 0.0884 e. The third-order valence-corrected chi connectivity index (χ3v) is 1.16. The van der Waals surface area contributed by atoms with Gasteiger partial charge in [0.05, 0.1) is 6.10 Å². The molecule has 1 aliphatic rings. The molecule has 2 heteroatoms. The molecular formula is C5H9NO. The lowest BCUT2D eigenvalue weighted by molar-refractivity contribution is 0.230. The molecule has 1 heterocycles. The van der Waals surface area contributed by atoms with Gasteiger partial charge in [-0.05, 0) is 5.57 Å². The van der Waals surface area contributed by atoms with E-state index in [2.05, 4.69) is 11.9 Å². The summed E-state index contributed by atoms with van der Waals surface area (Å²) in [5.41, 5.74) is 0.903. The molecule has 0 aromatic carbocycles. The molecule has 1 fully saturated rings. The third kappa shape index (κ3) is 0.813. The topological polar surface area (TPSA) is 32.3 Å². The van der Waals surface area contributed by atoms with Crippen LogP contribution in [0.3, 0.4) is 0 Å². The molecule has 0 bridgehead atoms. The predicted molar refractivity (Wildman–Crippen MR) is 28.0 cm³/mol. The number of rotatable bonds is 0. The summed E-state index contributed by atoms with van der Waals surface area (Å²) in [7, 11) is 0. The lowest BCUT2D eigenvalue weighted by Crippen LogP contribution is -2.11. The van der Waals surface area contributed by atoms with Gasteiger partial charge in [0.15, 0.2) is 0 Å². The highest BCUT2D eigenvalue weighted by molar-refractivity contribution is 5.09. The highest BCUT2D eigenvalue weighted by Gasteiger charge is 2.13. The second kappa shape index (κ2) is 1.64. The molecule has 0 saturated carbocycles. The molecule has 1 aliphatic heterocycles. The quantitative estimate of drug-likeness (QED) is 0.401. The summed E-state index contributed by atoms with van der Waals surface area (Å²) in [6, 6.07) is 0. The Morgan fingerprint density at radius 1 is 1.86 bits per heavy atom. The fraction of sp³-hybridized carbons (Fsp3) is 0.600. The molecule has 0 aromatic heterocycles. The first-order valence-corrected chi connectivity index (χ1v) is 2.37. The summed E-state index contributed by atoms with van der Waals surface area (Å²) in [5, 5.41) is 11.8. The number of aliphatic hydroxyl groups is 1. The van der Waals surface area contributed by atoms with Gasteiger partial charge in [0.2, 0.25) is 0 Å². The van der Waals surface area contributed by atoms with Gasteiger partial charge in [-0.3, -0.25) is 0 Å². The average molecular weight is 99.1 g/mol. The van der Waals surface area contributed by atoms with Crippen LogP contribution >= 0.6 is 0 Å². The van der Waals surface area contributed by atoms with Gasteiger partial charge in [-0.1, -0.05) is 6.58 Å². The summed E-state index contributed by atoms with van der Waals surface area (Å²) in [5.74, 6) is 0. The van der Waals surface area contributed by atoms with Crippen molar-refractivity contribution in [2.75, 3.05) is 13.1 Å². The lowest BCUT2D eigenvalue weighted by Gasteiger charge is -1.95. The van der Waals surface area contributed by atoms with Crippen LogP contribution < -0.4 is 5.32 Å². The first-order valence-electron chi connectivity index (χ1n) is 2.37. The summed E-state index contributed by atoms with van der Waals surface area (Å²) in [6.07, 6.45) is -0.292. The molecule has 0 spiro atoms. The number of hydrogen-bond donors (Lipinski definition) is 2. The van der Waals surface area contributed by atoms with Crippen LogP contribution in [0, 0.1) is 0 Å². The Kier molecular flexibility index (Phi) is 1.13. The van der Waals surface area contributed by atoms with E-state index in [-0.39, 0.29) is 6.10 Å². The number of β-amino-alcohol motifs (C(OH)–C–C–N with tert-alkyl or cyclic N) is 1. The van der Waals surface area contributed by atoms with Gasteiger partial charge in [-0.25, -0.2) is 0 Å². The van der Waals surface area contributed by atoms with Crippen molar-refractivity contribution in [3.8, 4) is 0 Å². The second-order valence-corrected chi connectivity index (χ2v) is 1.80. The van der Waals surface area contributed by atoms with Gasteiger partial charge in [0.1, 0.15) is 0 Å². The third-order valence-electron chi connectivity index (χ3n) is 1.16. The first kappa shape index (κ1) is 4.81. The summed E-state index contributed by atoms with van der Waals surface area (Å²) < 4.78 is 0. The monoisotopic (exact) mass is 99.1 g/mol. The molecular weight excluding hydrogens is 90.1 g/mol. The van der Waals surface area contributed by atoms with Crippen molar-refractivity contribution >= 4 is 0 Å². The van der Waals surface area contributed by atoms with Gasteiger partial charge < -0.3 is 10.4 Å². The Labute approximate surface area is 42.8 Å². The number of hydrogen-bond acceptors (Lipinski definition) is 2. The number of nitrogens with one attached hydrogen (secondary N) is 1. The minimum Gasteiger partial charge on any atom is -0.387 e. The molecule has 40 valence electrons. The fourth-order valence-corrected chi connectivity index (χ4v) is 0.632. The summed E-state index contributed by atoms with van der Waals surface area (Å²) in [4.78, 5) is 0. The van der Waals surface area contributed by atoms with E-state index >= 15 is 0 Å². The van der Waals surface area contributed by atoms with Crippen molar-refractivity contribution in [2.24, 2.45) is 0 Å². The molecule has 7 heavy (non-hydrogen) atoms. The maximum absolute atomic E-state index is 8.84. The molecule has 0 aliphatic carbocycles. The van der Waals surface area contributed by atoms with Gasteiger partial charge in [-0.15, -0.1) is 0 Å². The predicted octanol–water partition coefficient (Wildman–Crippen LogP) is -0.493. The number of aliphatic hydroxyl groups excluding tert-OH is 1. The van der Waals surface area contributed by atoms with E-state index in [0.717, 1.165) is 12.1 Å². The van der Waals surface area contributed by atoms with Crippen LogP contribution in [0.2, 0.25) is 0 Å². The molecule has 1 rings (SSSR count). The zero-order valence-electron chi connectivity index (χ0n) is 4.15. The largest absolute Gasteiger partial charge is 0.387 e. The van der Waals surface area contributed by atoms with E-state index in [1.165, 1.54) is 0 Å². The highest BCUT2D eigenvalue weighted by atomic mass is 16.3. The standard InChI is InChI=1S/C5H9NO/c1-4-2-6-3-5(4)7/h5-7H,1-3H2. The van der Waals surface area contributed by atoms with E-state index in [9.17, 15) is 0 Å². The van der Waals surface area contributed by atoms with Crippen LogP contribution in [0.15, 0.2) is 12.2 Å². The van der Waals surface area contributed by atoms with Crippen molar-refractivity contribution in [3.05, 3.63) is 12.2 Å². The van der Waals surface area contributed by atoms with Gasteiger partial charge in [0, 0.05) is 13.1 Å². The minimum atomic E-state index is -0.292. The molecule has 2 nitrogen and oxygen atoms in total. The summed E-state index contributed by atoms with van der Waals surface area (Å²) >= 11 is 0. The Balaban J connectivity index is 2.48. The van der Waals surface area contributed by atoms with Crippen molar-refractivity contribution < 1.29 is 5.11 Å². The zero-order chi connectivity index (χ0) is 5.28. The van der Waals surface area contributed by atoms with Crippen LogP contribution in [0.4, 0.5) is 0 Å². The minimum absolute atomic E-state index is 0.292.